The monoisotopic (exact) mass is 318 g/mol. The summed E-state index contributed by atoms with van der Waals surface area (Å²) >= 11 is 0. The summed E-state index contributed by atoms with van der Waals surface area (Å²) in [4.78, 5) is 0. The van der Waals surface area contributed by atoms with Gasteiger partial charge in [0.1, 0.15) is 5.60 Å². The molecular weight excluding hydrogens is 288 g/mol. The predicted octanol–water partition coefficient (Wildman–Crippen LogP) is 2.84. The van der Waals surface area contributed by atoms with E-state index in [1.54, 1.807) is 0 Å². The molecule has 4 aliphatic carbocycles. The Morgan fingerprint density at radius 3 is 2.78 bits per heavy atom. The number of rotatable bonds is 0. The largest absolute Gasteiger partial charge is 0.393 e. The van der Waals surface area contributed by atoms with Gasteiger partial charge in [-0.05, 0) is 62.7 Å². The van der Waals surface area contributed by atoms with Crippen LogP contribution in [0.3, 0.4) is 0 Å². The Morgan fingerprint density at radius 2 is 2.00 bits per heavy atom. The Balaban J connectivity index is 1.52. The molecule has 1 saturated heterocycles. The number of nitrogens with two attached hydrogens (primary N) is 1. The van der Waals surface area contributed by atoms with Gasteiger partial charge in [0, 0.05) is 23.0 Å². The van der Waals surface area contributed by atoms with Crippen molar-refractivity contribution in [3.8, 4) is 0 Å². The third-order valence-electron chi connectivity index (χ3n) is 8.96. The van der Waals surface area contributed by atoms with Gasteiger partial charge in [-0.3, -0.25) is 0 Å². The highest BCUT2D eigenvalue weighted by atomic mass is 16.6. The highest BCUT2D eigenvalue weighted by molar-refractivity contribution is 5.92. The average Bonchev–Trinajstić information content (AvgIpc) is 3.09. The molecule has 0 aromatic rings. The lowest BCUT2D eigenvalue weighted by Gasteiger charge is -2.58. The molecule has 1 heterocycles. The molecule has 0 aromatic heterocycles. The highest BCUT2D eigenvalue weighted by Gasteiger charge is 2.75. The van der Waals surface area contributed by atoms with Crippen LogP contribution in [-0.2, 0) is 4.74 Å². The van der Waals surface area contributed by atoms with Crippen LogP contribution in [0.5, 0.6) is 0 Å². The summed E-state index contributed by atoms with van der Waals surface area (Å²) in [6.07, 6.45) is 9.25. The van der Waals surface area contributed by atoms with Gasteiger partial charge in [-0.2, -0.15) is 5.10 Å². The highest BCUT2D eigenvalue weighted by Crippen LogP contribution is 2.73. The number of aliphatic hydroxyl groups is 1. The first-order valence-corrected chi connectivity index (χ1v) is 9.58. The van der Waals surface area contributed by atoms with Crippen molar-refractivity contribution >= 4 is 5.71 Å². The van der Waals surface area contributed by atoms with E-state index in [1.165, 1.54) is 31.4 Å². The minimum atomic E-state index is -0.152. The van der Waals surface area contributed by atoms with Crippen molar-refractivity contribution in [2.24, 2.45) is 39.5 Å². The molecule has 8 atom stereocenters. The number of epoxide rings is 1. The summed E-state index contributed by atoms with van der Waals surface area (Å²) in [5.74, 6) is 7.95. The predicted molar refractivity (Wildman–Crippen MR) is 88.9 cm³/mol. The van der Waals surface area contributed by atoms with Crippen LogP contribution in [0.1, 0.15) is 65.2 Å². The lowest BCUT2D eigenvalue weighted by Crippen LogP contribution is -2.58. The molecule has 4 nitrogen and oxygen atoms in total. The number of hydrogen-bond acceptors (Lipinski definition) is 4. The van der Waals surface area contributed by atoms with E-state index in [1.807, 2.05) is 0 Å². The molecule has 0 radical (unpaired) electrons. The summed E-state index contributed by atoms with van der Waals surface area (Å²) in [6, 6.07) is 0. The van der Waals surface area contributed by atoms with Gasteiger partial charge < -0.3 is 15.7 Å². The lowest BCUT2D eigenvalue weighted by molar-refractivity contribution is -0.101. The molecule has 1 aliphatic heterocycles. The topological polar surface area (TPSA) is 71.1 Å². The molecule has 0 amide bonds. The van der Waals surface area contributed by atoms with Crippen LogP contribution >= 0.6 is 0 Å². The Labute approximate surface area is 138 Å². The molecule has 4 heteroatoms. The summed E-state index contributed by atoms with van der Waals surface area (Å²) in [5, 5.41) is 14.4. The van der Waals surface area contributed by atoms with E-state index < -0.39 is 0 Å². The average molecular weight is 318 g/mol. The van der Waals surface area contributed by atoms with Gasteiger partial charge in [-0.15, -0.1) is 0 Å². The number of aliphatic hydroxyl groups excluding tert-OH is 1. The molecule has 5 rings (SSSR count). The van der Waals surface area contributed by atoms with Crippen LogP contribution < -0.4 is 5.84 Å². The van der Waals surface area contributed by atoms with Crippen molar-refractivity contribution in [2.75, 3.05) is 0 Å². The Bertz CT molecular complexity index is 578. The van der Waals surface area contributed by atoms with Crippen LogP contribution in [0.2, 0.25) is 0 Å². The minimum Gasteiger partial charge on any atom is -0.393 e. The smallest absolute Gasteiger partial charge is 0.103 e. The molecule has 0 aromatic carbocycles. The molecule has 8 unspecified atom stereocenters. The minimum absolute atomic E-state index is 0.00294. The van der Waals surface area contributed by atoms with Crippen LogP contribution in [0, 0.1) is 28.6 Å². The van der Waals surface area contributed by atoms with E-state index in [0.29, 0.717) is 6.10 Å². The molecule has 5 aliphatic rings. The van der Waals surface area contributed by atoms with Gasteiger partial charge in [-0.1, -0.05) is 13.8 Å². The van der Waals surface area contributed by atoms with Gasteiger partial charge in [0.25, 0.3) is 0 Å². The lowest BCUT2D eigenvalue weighted by atomic mass is 9.45. The molecule has 5 fully saturated rings. The number of hydrogen-bond donors (Lipinski definition) is 2. The van der Waals surface area contributed by atoms with Gasteiger partial charge in [0.15, 0.2) is 0 Å². The molecular formula is C19H30N2O2. The maximum atomic E-state index is 10.2. The first kappa shape index (κ1) is 14.7. The van der Waals surface area contributed by atoms with E-state index in [9.17, 15) is 5.11 Å². The quantitative estimate of drug-likeness (QED) is 0.410. The van der Waals surface area contributed by atoms with Crippen molar-refractivity contribution in [1.82, 2.24) is 0 Å². The second-order valence-electron chi connectivity index (χ2n) is 9.49. The summed E-state index contributed by atoms with van der Waals surface area (Å²) < 4.78 is 6.35. The van der Waals surface area contributed by atoms with Gasteiger partial charge >= 0.3 is 0 Å². The van der Waals surface area contributed by atoms with Crippen LogP contribution in [0.25, 0.3) is 0 Å². The van der Waals surface area contributed by atoms with E-state index in [0.717, 1.165) is 43.4 Å². The molecule has 3 N–H and O–H groups in total. The molecule has 1 spiro atoms. The zero-order chi connectivity index (χ0) is 16.0. The van der Waals surface area contributed by atoms with E-state index in [4.69, 9.17) is 10.6 Å². The fourth-order valence-corrected chi connectivity index (χ4v) is 7.66. The van der Waals surface area contributed by atoms with Crippen molar-refractivity contribution in [3.05, 3.63) is 0 Å². The Kier molecular flexibility index (Phi) is 2.76. The zero-order valence-electron chi connectivity index (χ0n) is 14.4. The third kappa shape index (κ3) is 1.58. The standard InChI is InChI=1S/C19H30N2O2/c1-17-7-6-14-12(13(17)3-4-15(17)21-20)9-16-19(23-16)10-11(22)5-8-18(14,19)2/h11-14,16,22H,3-10,20H2,1-2H3/b21-15+. The summed E-state index contributed by atoms with van der Waals surface area (Å²) in [7, 11) is 0. The number of nitrogens with zero attached hydrogens (tertiary/aromatic N) is 1. The summed E-state index contributed by atoms with van der Waals surface area (Å²) in [6.45, 7) is 4.89. The van der Waals surface area contributed by atoms with Crippen molar-refractivity contribution in [3.63, 3.8) is 0 Å². The van der Waals surface area contributed by atoms with Crippen molar-refractivity contribution < 1.29 is 9.84 Å². The third-order valence-corrected chi connectivity index (χ3v) is 8.96. The van der Waals surface area contributed by atoms with E-state index >= 15 is 0 Å². The second kappa shape index (κ2) is 4.32. The fraction of sp³-hybridized carbons (Fsp3) is 0.947. The molecule has 128 valence electrons. The second-order valence-corrected chi connectivity index (χ2v) is 9.49. The number of ether oxygens (including phenoxy) is 1. The molecule has 0 bridgehead atoms. The fourth-order valence-electron chi connectivity index (χ4n) is 7.66. The van der Waals surface area contributed by atoms with Gasteiger partial charge in [-0.25, -0.2) is 0 Å². The molecule has 23 heavy (non-hydrogen) atoms. The maximum Gasteiger partial charge on any atom is 0.103 e. The van der Waals surface area contributed by atoms with Crippen molar-refractivity contribution in [1.29, 1.82) is 0 Å². The van der Waals surface area contributed by atoms with Crippen molar-refractivity contribution in [2.45, 2.75) is 83.0 Å². The summed E-state index contributed by atoms with van der Waals surface area (Å²) in [5.41, 5.74) is 1.76. The normalized spacial score (nSPS) is 62.2. The van der Waals surface area contributed by atoms with Crippen LogP contribution in [-0.4, -0.2) is 28.6 Å². The Hall–Kier alpha value is -0.610. The maximum absolute atomic E-state index is 10.2. The number of hydrazone groups is 1. The Morgan fingerprint density at radius 1 is 1.17 bits per heavy atom. The number of fused-ring (bicyclic) bond motifs is 4. The first-order chi connectivity index (χ1) is 10.9. The van der Waals surface area contributed by atoms with Crippen LogP contribution in [0.4, 0.5) is 0 Å². The van der Waals surface area contributed by atoms with Crippen LogP contribution in [0.15, 0.2) is 5.10 Å². The molecule has 4 saturated carbocycles. The van der Waals surface area contributed by atoms with E-state index in [2.05, 4.69) is 18.9 Å². The zero-order valence-corrected chi connectivity index (χ0v) is 14.4. The van der Waals surface area contributed by atoms with Gasteiger partial charge in [0.05, 0.1) is 12.2 Å². The SMILES string of the molecule is CC12CCC3C(CC4OC45CC(O)CCC35C)C1CC/C2=N\N. The first-order valence-electron chi connectivity index (χ1n) is 9.58. The van der Waals surface area contributed by atoms with Gasteiger partial charge in [0.2, 0.25) is 0 Å². The van der Waals surface area contributed by atoms with E-state index in [-0.39, 0.29) is 22.5 Å².